The van der Waals surface area contributed by atoms with Crippen LogP contribution in [-0.4, -0.2) is 17.0 Å². The summed E-state index contributed by atoms with van der Waals surface area (Å²) >= 11 is 0. The predicted octanol–water partition coefficient (Wildman–Crippen LogP) is 2.29. The highest BCUT2D eigenvalue weighted by atomic mass is 16.5. The lowest BCUT2D eigenvalue weighted by Crippen LogP contribution is -2.10. The van der Waals surface area contributed by atoms with Crippen LogP contribution in [0.2, 0.25) is 0 Å². The molecule has 3 heteroatoms. The van der Waals surface area contributed by atoms with Crippen LogP contribution < -0.4 is 4.74 Å². The number of para-hydroxylation sites is 1. The number of aryl methyl sites for hydroxylation is 1. The lowest BCUT2D eigenvalue weighted by molar-refractivity contribution is 0.0921. The van der Waals surface area contributed by atoms with E-state index in [-0.39, 0.29) is 12.4 Å². The van der Waals surface area contributed by atoms with Gasteiger partial charge in [0.15, 0.2) is 6.61 Å². The summed E-state index contributed by atoms with van der Waals surface area (Å²) in [5.41, 5.74) is 0.679. The van der Waals surface area contributed by atoms with Crippen LogP contribution in [0.4, 0.5) is 0 Å². The Hall–Kier alpha value is -2.03. The van der Waals surface area contributed by atoms with E-state index in [0.29, 0.717) is 11.3 Å². The van der Waals surface area contributed by atoms with Crippen LogP contribution in [0.15, 0.2) is 48.8 Å². The minimum absolute atomic E-state index is 0.00977. The van der Waals surface area contributed by atoms with Gasteiger partial charge in [0.05, 0.1) is 0 Å². The summed E-state index contributed by atoms with van der Waals surface area (Å²) < 4.78 is 7.22. The molecule has 0 N–H and O–H groups in total. The van der Waals surface area contributed by atoms with Crippen molar-refractivity contribution in [2.75, 3.05) is 6.61 Å². The van der Waals surface area contributed by atoms with Crippen molar-refractivity contribution < 1.29 is 9.53 Å². The first-order chi connectivity index (χ1) is 7.75. The maximum absolute atomic E-state index is 11.7. The first-order valence-corrected chi connectivity index (χ1v) is 5.09. The summed E-state index contributed by atoms with van der Waals surface area (Å²) in [6.07, 6.45) is 3.63. The molecular formula is C13H13NO2. The van der Waals surface area contributed by atoms with Gasteiger partial charge in [0.25, 0.3) is 0 Å². The molecule has 0 aliphatic rings. The third kappa shape index (κ3) is 2.51. The number of benzene rings is 1. The number of rotatable bonds is 4. The van der Waals surface area contributed by atoms with Gasteiger partial charge in [-0.2, -0.15) is 0 Å². The van der Waals surface area contributed by atoms with Gasteiger partial charge in [-0.3, -0.25) is 4.79 Å². The number of carbonyl (C=O) groups excluding carboxylic acids is 1. The molecule has 2 aromatic rings. The second-order valence-corrected chi connectivity index (χ2v) is 3.59. The molecule has 0 aliphatic heterocycles. The highest BCUT2D eigenvalue weighted by molar-refractivity contribution is 5.97. The third-order valence-corrected chi connectivity index (χ3v) is 2.27. The van der Waals surface area contributed by atoms with E-state index >= 15 is 0 Å². The van der Waals surface area contributed by atoms with Crippen molar-refractivity contribution in [1.29, 1.82) is 0 Å². The summed E-state index contributed by atoms with van der Waals surface area (Å²) in [6.45, 7) is 0.0774. The van der Waals surface area contributed by atoms with Gasteiger partial charge in [-0.25, -0.2) is 0 Å². The van der Waals surface area contributed by atoms with Gasteiger partial charge < -0.3 is 9.30 Å². The largest absolute Gasteiger partial charge is 0.485 e. The number of carbonyl (C=O) groups is 1. The summed E-state index contributed by atoms with van der Waals surface area (Å²) in [5, 5.41) is 0. The Morgan fingerprint density at radius 1 is 1.25 bits per heavy atom. The molecule has 1 heterocycles. The normalized spacial score (nSPS) is 10.1. The highest BCUT2D eigenvalue weighted by Gasteiger charge is 2.07. The average molecular weight is 215 g/mol. The maximum Gasteiger partial charge on any atom is 0.201 e. The maximum atomic E-state index is 11.7. The zero-order valence-electron chi connectivity index (χ0n) is 9.09. The quantitative estimate of drug-likeness (QED) is 0.733. The molecule has 3 nitrogen and oxygen atoms in total. The molecular weight excluding hydrogens is 202 g/mol. The van der Waals surface area contributed by atoms with Crippen LogP contribution >= 0.6 is 0 Å². The standard InChI is InChI=1S/C13H13NO2/c1-14-8-7-11(9-14)13(15)10-16-12-5-3-2-4-6-12/h2-9H,10H2,1H3. The van der Waals surface area contributed by atoms with Crippen molar-refractivity contribution in [3.8, 4) is 5.75 Å². The summed E-state index contributed by atoms with van der Waals surface area (Å²) in [5.74, 6) is 0.705. The number of nitrogens with zero attached hydrogens (tertiary/aromatic N) is 1. The minimum Gasteiger partial charge on any atom is -0.485 e. The monoisotopic (exact) mass is 215 g/mol. The van der Waals surface area contributed by atoms with E-state index in [0.717, 1.165) is 0 Å². The highest BCUT2D eigenvalue weighted by Crippen LogP contribution is 2.09. The van der Waals surface area contributed by atoms with E-state index in [1.165, 1.54) is 0 Å². The lowest BCUT2D eigenvalue weighted by atomic mass is 10.2. The Morgan fingerprint density at radius 3 is 2.62 bits per heavy atom. The molecule has 16 heavy (non-hydrogen) atoms. The van der Waals surface area contributed by atoms with Gasteiger partial charge in [-0.05, 0) is 18.2 Å². The van der Waals surface area contributed by atoms with Crippen LogP contribution in [0.25, 0.3) is 0 Å². The van der Waals surface area contributed by atoms with Crippen molar-refractivity contribution in [3.05, 3.63) is 54.4 Å². The van der Waals surface area contributed by atoms with Crippen LogP contribution in [-0.2, 0) is 7.05 Å². The molecule has 0 amide bonds. The van der Waals surface area contributed by atoms with E-state index in [1.807, 2.05) is 48.1 Å². The molecule has 0 saturated heterocycles. The van der Waals surface area contributed by atoms with Crippen molar-refractivity contribution in [1.82, 2.24) is 4.57 Å². The van der Waals surface area contributed by atoms with Crippen LogP contribution in [0.1, 0.15) is 10.4 Å². The van der Waals surface area contributed by atoms with Gasteiger partial charge >= 0.3 is 0 Å². The number of hydrogen-bond donors (Lipinski definition) is 0. The molecule has 0 spiro atoms. The smallest absolute Gasteiger partial charge is 0.201 e. The van der Waals surface area contributed by atoms with E-state index < -0.39 is 0 Å². The molecule has 0 bridgehead atoms. The van der Waals surface area contributed by atoms with Gasteiger partial charge in [0.1, 0.15) is 5.75 Å². The average Bonchev–Trinajstić information content (AvgIpc) is 2.74. The second kappa shape index (κ2) is 4.66. The van der Waals surface area contributed by atoms with Crippen LogP contribution in [0, 0.1) is 0 Å². The number of Topliss-reactive ketones (excluding diaryl/α,β-unsaturated/α-hetero) is 1. The zero-order chi connectivity index (χ0) is 11.4. The van der Waals surface area contributed by atoms with E-state index in [1.54, 1.807) is 12.3 Å². The molecule has 1 aromatic carbocycles. The van der Waals surface area contributed by atoms with Gasteiger partial charge in [-0.1, -0.05) is 18.2 Å². The van der Waals surface area contributed by atoms with Gasteiger partial charge in [0, 0.05) is 25.0 Å². The first-order valence-electron chi connectivity index (χ1n) is 5.09. The molecule has 2 rings (SSSR count). The Bertz CT molecular complexity index is 474. The Labute approximate surface area is 94.3 Å². The molecule has 0 unspecified atom stereocenters. The number of ether oxygens (including phenoxy) is 1. The second-order valence-electron chi connectivity index (χ2n) is 3.59. The number of ketones is 1. The zero-order valence-corrected chi connectivity index (χ0v) is 9.09. The molecule has 0 saturated carbocycles. The molecule has 1 aromatic heterocycles. The van der Waals surface area contributed by atoms with Crippen LogP contribution in [0.3, 0.4) is 0 Å². The van der Waals surface area contributed by atoms with Gasteiger partial charge in [0.2, 0.25) is 5.78 Å². The Morgan fingerprint density at radius 2 is 2.00 bits per heavy atom. The summed E-state index contributed by atoms with van der Waals surface area (Å²) in [7, 11) is 1.88. The summed E-state index contributed by atoms with van der Waals surface area (Å²) in [4.78, 5) is 11.7. The molecule has 82 valence electrons. The van der Waals surface area contributed by atoms with Crippen molar-refractivity contribution >= 4 is 5.78 Å². The fourth-order valence-corrected chi connectivity index (χ4v) is 1.42. The van der Waals surface area contributed by atoms with E-state index in [4.69, 9.17) is 4.74 Å². The van der Waals surface area contributed by atoms with Crippen molar-refractivity contribution in [2.45, 2.75) is 0 Å². The fraction of sp³-hybridized carbons (Fsp3) is 0.154. The molecule has 0 atom stereocenters. The topological polar surface area (TPSA) is 31.2 Å². The van der Waals surface area contributed by atoms with E-state index in [2.05, 4.69) is 0 Å². The van der Waals surface area contributed by atoms with Crippen molar-refractivity contribution in [3.63, 3.8) is 0 Å². The molecule has 0 aliphatic carbocycles. The number of aromatic nitrogens is 1. The van der Waals surface area contributed by atoms with E-state index in [9.17, 15) is 4.79 Å². The van der Waals surface area contributed by atoms with Gasteiger partial charge in [-0.15, -0.1) is 0 Å². The predicted molar refractivity (Wildman–Crippen MR) is 61.7 cm³/mol. The van der Waals surface area contributed by atoms with Crippen molar-refractivity contribution in [2.24, 2.45) is 7.05 Å². The Kier molecular flexibility index (Phi) is 3.05. The first kappa shape index (κ1) is 10.5. The SMILES string of the molecule is Cn1ccc(C(=O)COc2ccccc2)c1. The fourth-order valence-electron chi connectivity index (χ4n) is 1.42. The molecule has 0 fully saturated rings. The Balaban J connectivity index is 1.94. The van der Waals surface area contributed by atoms with Crippen LogP contribution in [0.5, 0.6) is 5.75 Å². The minimum atomic E-state index is -0.00977. The number of hydrogen-bond acceptors (Lipinski definition) is 2. The lowest BCUT2D eigenvalue weighted by Gasteiger charge is -2.03. The summed E-state index contributed by atoms with van der Waals surface area (Å²) in [6, 6.07) is 11.1. The molecule has 0 radical (unpaired) electrons. The third-order valence-electron chi connectivity index (χ3n) is 2.27.